The number of likely N-dealkylation sites (N-methyl/N-ethyl adjacent to an activating group) is 1. The number of hydrogen-bond donors (Lipinski definition) is 0. The topological polar surface area (TPSA) is 88.0 Å². The number of ether oxygens (including phenoxy) is 1. The van der Waals surface area contributed by atoms with Crippen LogP contribution in [0.1, 0.15) is 22.6 Å². The van der Waals surface area contributed by atoms with Crippen molar-refractivity contribution in [1.82, 2.24) is 23.7 Å². The number of aromatic nitrogens is 2. The lowest BCUT2D eigenvalue weighted by atomic mass is 10.2. The number of carbonyl (C=O) groups is 1. The second-order valence-electron chi connectivity index (χ2n) is 7.87. The van der Waals surface area contributed by atoms with Crippen LogP contribution < -0.4 is 0 Å². The van der Waals surface area contributed by atoms with Crippen LogP contribution >= 0.6 is 0 Å². The summed E-state index contributed by atoms with van der Waals surface area (Å²) in [4.78, 5) is 21.8. The molecule has 2 aromatic rings. The number of fused-ring (bicyclic) bond motifs is 3. The number of methoxy groups -OCH3 is 1. The Hall–Kier alpha value is -2.27. The predicted octanol–water partition coefficient (Wildman–Crippen LogP) is 0.799. The number of para-hydroxylation sites is 1. The molecular weight excluding hydrogens is 406 g/mol. The fourth-order valence-corrected chi connectivity index (χ4v) is 5.63. The Bertz CT molecular complexity index is 1050. The second-order valence-corrected chi connectivity index (χ2v) is 9.77. The van der Waals surface area contributed by atoms with Crippen LogP contribution in [0.3, 0.4) is 0 Å². The molecule has 162 valence electrons. The summed E-state index contributed by atoms with van der Waals surface area (Å²) < 4.78 is 34.8. The second kappa shape index (κ2) is 8.10. The van der Waals surface area contributed by atoms with E-state index in [1.165, 1.54) is 11.4 Å². The molecule has 9 nitrogen and oxygen atoms in total. The van der Waals surface area contributed by atoms with E-state index < -0.39 is 10.0 Å². The molecule has 0 aliphatic carbocycles. The molecule has 1 saturated heterocycles. The lowest BCUT2D eigenvalue weighted by molar-refractivity contribution is 0.0775. The summed E-state index contributed by atoms with van der Waals surface area (Å²) in [5.41, 5.74) is 1.40. The van der Waals surface area contributed by atoms with Crippen LogP contribution in [-0.4, -0.2) is 91.5 Å². The molecular formula is C20H27N5O4S. The van der Waals surface area contributed by atoms with Gasteiger partial charge in [0.1, 0.15) is 11.2 Å². The third kappa shape index (κ3) is 3.53. The molecule has 0 radical (unpaired) electrons. The highest BCUT2D eigenvalue weighted by Crippen LogP contribution is 2.31. The van der Waals surface area contributed by atoms with Gasteiger partial charge in [-0.2, -0.15) is 4.31 Å². The molecule has 3 heterocycles. The van der Waals surface area contributed by atoms with Crippen molar-refractivity contribution in [2.24, 2.45) is 0 Å². The number of sulfonamides is 1. The molecule has 0 N–H and O–H groups in total. The minimum Gasteiger partial charge on any atom is -0.383 e. The Labute approximate surface area is 176 Å². The predicted molar refractivity (Wildman–Crippen MR) is 111 cm³/mol. The maximum Gasteiger partial charge on any atom is 0.274 e. The fourth-order valence-electron chi connectivity index (χ4n) is 4.07. The highest BCUT2D eigenvalue weighted by atomic mass is 32.2. The molecule has 2 aliphatic heterocycles. The van der Waals surface area contributed by atoms with Gasteiger partial charge in [-0.3, -0.25) is 9.36 Å². The van der Waals surface area contributed by atoms with Crippen LogP contribution in [-0.2, 0) is 21.3 Å². The molecule has 1 atom stereocenters. The maximum absolute atomic E-state index is 13.3. The largest absolute Gasteiger partial charge is 0.383 e. The van der Waals surface area contributed by atoms with Crippen LogP contribution in [0.15, 0.2) is 35.5 Å². The Morgan fingerprint density at radius 3 is 2.77 bits per heavy atom. The molecule has 30 heavy (non-hydrogen) atoms. The van der Waals surface area contributed by atoms with Gasteiger partial charge in [-0.05, 0) is 32.6 Å². The van der Waals surface area contributed by atoms with Crippen molar-refractivity contribution in [3.05, 3.63) is 42.0 Å². The molecule has 0 spiro atoms. The lowest BCUT2D eigenvalue weighted by Gasteiger charge is -2.21. The molecule has 1 fully saturated rings. The van der Waals surface area contributed by atoms with Crippen LogP contribution in [0.5, 0.6) is 0 Å². The van der Waals surface area contributed by atoms with Gasteiger partial charge in [-0.25, -0.2) is 13.4 Å². The summed E-state index contributed by atoms with van der Waals surface area (Å²) in [5.74, 6) is -0.156. The number of likely N-dealkylation sites (tertiary alicyclic amines) is 1. The number of benzene rings is 1. The van der Waals surface area contributed by atoms with Gasteiger partial charge < -0.3 is 14.5 Å². The van der Waals surface area contributed by atoms with Gasteiger partial charge in [-0.1, -0.05) is 12.1 Å². The van der Waals surface area contributed by atoms with Crippen molar-refractivity contribution in [1.29, 1.82) is 0 Å². The Kier molecular flexibility index (Phi) is 5.67. The number of imidazole rings is 1. The number of rotatable bonds is 5. The third-order valence-electron chi connectivity index (χ3n) is 5.86. The first-order valence-corrected chi connectivity index (χ1v) is 11.4. The van der Waals surface area contributed by atoms with Gasteiger partial charge in [0.05, 0.1) is 24.5 Å². The van der Waals surface area contributed by atoms with E-state index in [2.05, 4.69) is 9.88 Å². The maximum atomic E-state index is 13.3. The van der Waals surface area contributed by atoms with Gasteiger partial charge in [-0.15, -0.1) is 0 Å². The van der Waals surface area contributed by atoms with E-state index >= 15 is 0 Å². The highest BCUT2D eigenvalue weighted by Gasteiger charge is 2.36. The van der Waals surface area contributed by atoms with Crippen LogP contribution in [0.4, 0.5) is 0 Å². The van der Waals surface area contributed by atoms with Crippen molar-refractivity contribution >= 4 is 15.9 Å². The summed E-state index contributed by atoms with van der Waals surface area (Å²) in [5, 5.41) is 0. The van der Waals surface area contributed by atoms with Gasteiger partial charge in [0.2, 0.25) is 10.0 Å². The SMILES string of the molecule is COCCN1Cc2c(C(=O)N3CC[C@@H](N(C)C)C3)ncn2-c2ccccc2S1(=O)=O. The average Bonchev–Trinajstić information content (AvgIpc) is 3.36. The molecule has 0 bridgehead atoms. The zero-order valence-electron chi connectivity index (χ0n) is 17.5. The Morgan fingerprint density at radius 2 is 2.07 bits per heavy atom. The summed E-state index contributed by atoms with van der Waals surface area (Å²) in [7, 11) is 1.82. The minimum atomic E-state index is -3.74. The standard InChI is InChI=1S/C20H27N5O4S/c1-22(2)15-8-9-23(12-15)20(26)19-17-13-24(10-11-29-3)30(27,28)18-7-5-4-6-16(18)25(17)14-21-19/h4-7,14-15H,8-13H2,1-3H3/t15-/m1/s1. The first-order valence-electron chi connectivity index (χ1n) is 9.95. The van der Waals surface area contributed by atoms with E-state index in [1.807, 2.05) is 14.1 Å². The summed E-state index contributed by atoms with van der Waals surface area (Å²) in [6, 6.07) is 7.12. The van der Waals surface area contributed by atoms with Gasteiger partial charge in [0, 0.05) is 32.8 Å². The fraction of sp³-hybridized carbons (Fsp3) is 0.500. The zero-order valence-corrected chi connectivity index (χ0v) is 18.3. The monoisotopic (exact) mass is 433 g/mol. The van der Waals surface area contributed by atoms with Crippen molar-refractivity contribution in [3.63, 3.8) is 0 Å². The molecule has 1 amide bonds. The number of carbonyl (C=O) groups excluding carboxylic acids is 1. The molecule has 0 unspecified atom stereocenters. The van der Waals surface area contributed by atoms with Crippen molar-refractivity contribution < 1.29 is 17.9 Å². The average molecular weight is 434 g/mol. The van der Waals surface area contributed by atoms with Gasteiger partial charge in [0.15, 0.2) is 5.69 Å². The van der Waals surface area contributed by atoms with Crippen LogP contribution in [0, 0.1) is 0 Å². The normalized spacial score (nSPS) is 20.8. The van der Waals surface area contributed by atoms with E-state index in [4.69, 9.17) is 4.74 Å². The Balaban J connectivity index is 1.76. The molecule has 10 heteroatoms. The van der Waals surface area contributed by atoms with E-state index in [0.29, 0.717) is 36.2 Å². The summed E-state index contributed by atoms with van der Waals surface area (Å²) >= 11 is 0. The molecule has 1 aromatic heterocycles. The number of amides is 1. The zero-order chi connectivity index (χ0) is 21.5. The van der Waals surface area contributed by atoms with Crippen molar-refractivity contribution in [2.75, 3.05) is 47.4 Å². The molecule has 1 aromatic carbocycles. The summed E-state index contributed by atoms with van der Waals surface area (Å²) in [6.07, 6.45) is 2.46. The molecule has 0 saturated carbocycles. The number of hydrogen-bond acceptors (Lipinski definition) is 6. The number of nitrogens with zero attached hydrogens (tertiary/aromatic N) is 5. The highest BCUT2D eigenvalue weighted by molar-refractivity contribution is 7.89. The smallest absolute Gasteiger partial charge is 0.274 e. The molecule has 4 rings (SSSR count). The van der Waals surface area contributed by atoms with Crippen LogP contribution in [0.25, 0.3) is 5.69 Å². The van der Waals surface area contributed by atoms with Crippen LogP contribution in [0.2, 0.25) is 0 Å². The van der Waals surface area contributed by atoms with E-state index in [1.54, 1.807) is 40.1 Å². The van der Waals surface area contributed by atoms with E-state index in [-0.39, 0.29) is 30.5 Å². The van der Waals surface area contributed by atoms with Gasteiger partial charge >= 0.3 is 0 Å². The van der Waals surface area contributed by atoms with E-state index in [9.17, 15) is 13.2 Å². The Morgan fingerprint density at radius 1 is 1.30 bits per heavy atom. The van der Waals surface area contributed by atoms with Crippen molar-refractivity contribution in [2.45, 2.75) is 23.9 Å². The van der Waals surface area contributed by atoms with Gasteiger partial charge in [0.25, 0.3) is 5.91 Å². The summed E-state index contributed by atoms with van der Waals surface area (Å²) in [6.45, 7) is 1.82. The lowest BCUT2D eigenvalue weighted by Crippen LogP contribution is -2.36. The third-order valence-corrected chi connectivity index (χ3v) is 7.76. The van der Waals surface area contributed by atoms with E-state index in [0.717, 1.165) is 6.42 Å². The first kappa shape index (κ1) is 21.0. The quantitative estimate of drug-likeness (QED) is 0.693. The first-order chi connectivity index (χ1) is 14.3. The molecule has 2 aliphatic rings. The van der Waals surface area contributed by atoms with Crippen molar-refractivity contribution in [3.8, 4) is 5.69 Å². The minimum absolute atomic E-state index is 0.0619.